The van der Waals surface area contributed by atoms with Crippen molar-refractivity contribution < 1.29 is 14.3 Å². The van der Waals surface area contributed by atoms with Crippen LogP contribution in [0.25, 0.3) is 0 Å². The van der Waals surface area contributed by atoms with Gasteiger partial charge in [-0.05, 0) is 42.3 Å². The van der Waals surface area contributed by atoms with Gasteiger partial charge in [-0.25, -0.2) is 0 Å². The van der Waals surface area contributed by atoms with Crippen LogP contribution < -0.4 is 20.5 Å². The van der Waals surface area contributed by atoms with Gasteiger partial charge in [-0.1, -0.05) is 25.1 Å². The Hall–Kier alpha value is -3.02. The van der Waals surface area contributed by atoms with E-state index >= 15 is 0 Å². The molecule has 132 valence electrons. The van der Waals surface area contributed by atoms with E-state index < -0.39 is 5.91 Å². The summed E-state index contributed by atoms with van der Waals surface area (Å²) in [6.45, 7) is 1.89. The number of ether oxygens (including phenoxy) is 1. The van der Waals surface area contributed by atoms with E-state index in [-0.39, 0.29) is 12.5 Å². The van der Waals surface area contributed by atoms with Gasteiger partial charge in [-0.3, -0.25) is 20.4 Å². The molecule has 0 bridgehead atoms. The molecule has 2 aromatic rings. The van der Waals surface area contributed by atoms with Crippen molar-refractivity contribution in [2.75, 3.05) is 25.6 Å². The molecule has 0 fully saturated rings. The van der Waals surface area contributed by atoms with E-state index in [1.165, 1.54) is 5.56 Å². The number of amides is 2. The van der Waals surface area contributed by atoms with Crippen molar-refractivity contribution in [2.24, 2.45) is 0 Å². The molecule has 0 spiro atoms. The van der Waals surface area contributed by atoms with Gasteiger partial charge in [0.15, 0.2) is 6.61 Å². The Balaban J connectivity index is 1.80. The molecule has 0 aliphatic heterocycles. The maximum Gasteiger partial charge on any atom is 0.276 e. The molecule has 0 saturated carbocycles. The minimum absolute atomic E-state index is 0.177. The van der Waals surface area contributed by atoms with Crippen LogP contribution in [0, 0.1) is 0 Å². The van der Waals surface area contributed by atoms with Crippen LogP contribution in [0.3, 0.4) is 0 Å². The number of benzene rings is 2. The van der Waals surface area contributed by atoms with Gasteiger partial charge in [0, 0.05) is 25.3 Å². The van der Waals surface area contributed by atoms with Gasteiger partial charge in [-0.15, -0.1) is 0 Å². The van der Waals surface area contributed by atoms with E-state index in [9.17, 15) is 9.59 Å². The van der Waals surface area contributed by atoms with E-state index in [1.54, 1.807) is 18.2 Å². The third-order valence-electron chi connectivity index (χ3n) is 3.64. The average Bonchev–Trinajstić information content (AvgIpc) is 2.64. The molecule has 6 nitrogen and oxygen atoms in total. The summed E-state index contributed by atoms with van der Waals surface area (Å²) in [5, 5.41) is 0. The highest BCUT2D eigenvalue weighted by Crippen LogP contribution is 2.13. The molecule has 0 unspecified atom stereocenters. The van der Waals surface area contributed by atoms with Crippen LogP contribution in [0.15, 0.2) is 48.5 Å². The molecular weight excluding hydrogens is 318 g/mol. The Labute approximate surface area is 147 Å². The molecule has 0 aliphatic carbocycles. The number of anilines is 1. The zero-order valence-corrected chi connectivity index (χ0v) is 14.7. The van der Waals surface area contributed by atoms with Crippen LogP contribution >= 0.6 is 0 Å². The summed E-state index contributed by atoms with van der Waals surface area (Å²) in [7, 11) is 3.78. The van der Waals surface area contributed by atoms with Crippen LogP contribution in [0.5, 0.6) is 5.75 Å². The molecule has 6 heteroatoms. The number of aryl methyl sites for hydroxylation is 1. The Morgan fingerprint density at radius 2 is 1.76 bits per heavy atom. The Morgan fingerprint density at radius 3 is 2.40 bits per heavy atom. The fourth-order valence-corrected chi connectivity index (χ4v) is 2.13. The second-order valence-corrected chi connectivity index (χ2v) is 5.73. The summed E-state index contributed by atoms with van der Waals surface area (Å²) in [4.78, 5) is 25.8. The highest BCUT2D eigenvalue weighted by Gasteiger charge is 2.09. The van der Waals surface area contributed by atoms with E-state index in [1.807, 2.05) is 49.3 Å². The minimum Gasteiger partial charge on any atom is -0.484 e. The van der Waals surface area contributed by atoms with Crippen molar-refractivity contribution in [1.29, 1.82) is 0 Å². The van der Waals surface area contributed by atoms with E-state index in [2.05, 4.69) is 17.8 Å². The fourth-order valence-electron chi connectivity index (χ4n) is 2.13. The fraction of sp³-hybridized carbons (Fsp3) is 0.263. The lowest BCUT2D eigenvalue weighted by molar-refractivity contribution is -0.123. The molecule has 0 atom stereocenters. The predicted molar refractivity (Wildman–Crippen MR) is 97.7 cm³/mol. The lowest BCUT2D eigenvalue weighted by atomic mass is 10.2. The second-order valence-electron chi connectivity index (χ2n) is 5.73. The molecule has 2 N–H and O–H groups in total. The van der Waals surface area contributed by atoms with Crippen molar-refractivity contribution in [3.63, 3.8) is 0 Å². The van der Waals surface area contributed by atoms with Crippen LogP contribution in [0.4, 0.5) is 5.69 Å². The number of carbonyl (C=O) groups excluding carboxylic acids is 2. The molecule has 2 aromatic carbocycles. The van der Waals surface area contributed by atoms with Gasteiger partial charge < -0.3 is 9.64 Å². The topological polar surface area (TPSA) is 70.7 Å². The molecule has 25 heavy (non-hydrogen) atoms. The van der Waals surface area contributed by atoms with Crippen LogP contribution in [0.2, 0.25) is 0 Å². The van der Waals surface area contributed by atoms with Crippen molar-refractivity contribution in [2.45, 2.75) is 13.3 Å². The van der Waals surface area contributed by atoms with Crippen LogP contribution in [0.1, 0.15) is 22.8 Å². The standard InChI is InChI=1S/C19H23N3O3/c1-4-14-8-10-17(11-9-14)25-13-18(23)20-21-19(24)15-6-5-7-16(12-15)22(2)3/h5-12H,4,13H2,1-3H3,(H,20,23)(H,21,24). The van der Waals surface area contributed by atoms with E-state index in [0.717, 1.165) is 12.1 Å². The normalized spacial score (nSPS) is 10.0. The Kier molecular flexibility index (Phi) is 6.39. The summed E-state index contributed by atoms with van der Waals surface area (Å²) in [6.07, 6.45) is 0.946. The van der Waals surface area contributed by atoms with Gasteiger partial charge in [0.1, 0.15) is 5.75 Å². The third-order valence-corrected chi connectivity index (χ3v) is 3.64. The highest BCUT2D eigenvalue weighted by molar-refractivity contribution is 5.96. The van der Waals surface area contributed by atoms with Crippen molar-refractivity contribution in [3.8, 4) is 5.75 Å². The molecule has 0 aliphatic rings. The Morgan fingerprint density at radius 1 is 1.04 bits per heavy atom. The SMILES string of the molecule is CCc1ccc(OCC(=O)NNC(=O)c2cccc(N(C)C)c2)cc1. The van der Waals surface area contributed by atoms with Crippen molar-refractivity contribution in [3.05, 3.63) is 59.7 Å². The first-order chi connectivity index (χ1) is 12.0. The summed E-state index contributed by atoms with van der Waals surface area (Å²) in [5.41, 5.74) is 7.29. The first kappa shape index (κ1) is 18.3. The quantitative estimate of drug-likeness (QED) is 0.790. The van der Waals surface area contributed by atoms with Crippen LogP contribution in [-0.4, -0.2) is 32.5 Å². The number of nitrogens with one attached hydrogen (secondary N) is 2. The van der Waals surface area contributed by atoms with Gasteiger partial charge in [-0.2, -0.15) is 0 Å². The lowest BCUT2D eigenvalue weighted by Crippen LogP contribution is -2.43. The number of hydrogen-bond donors (Lipinski definition) is 2. The van der Waals surface area contributed by atoms with E-state index in [4.69, 9.17) is 4.74 Å². The summed E-state index contributed by atoms with van der Waals surface area (Å²) >= 11 is 0. The predicted octanol–water partition coefficient (Wildman–Crippen LogP) is 2.16. The van der Waals surface area contributed by atoms with Crippen molar-refractivity contribution in [1.82, 2.24) is 10.9 Å². The first-order valence-electron chi connectivity index (χ1n) is 8.08. The average molecular weight is 341 g/mol. The summed E-state index contributed by atoms with van der Waals surface area (Å²) in [5.74, 6) is -0.210. The van der Waals surface area contributed by atoms with Crippen molar-refractivity contribution >= 4 is 17.5 Å². The third kappa shape index (κ3) is 5.53. The maximum absolute atomic E-state index is 12.1. The number of rotatable bonds is 6. The van der Waals surface area contributed by atoms with Gasteiger partial charge in [0.25, 0.3) is 11.8 Å². The van der Waals surface area contributed by atoms with Crippen LogP contribution in [-0.2, 0) is 11.2 Å². The molecule has 0 aromatic heterocycles. The monoisotopic (exact) mass is 341 g/mol. The highest BCUT2D eigenvalue weighted by atomic mass is 16.5. The van der Waals surface area contributed by atoms with E-state index in [0.29, 0.717) is 11.3 Å². The minimum atomic E-state index is -0.434. The second kappa shape index (κ2) is 8.73. The number of nitrogens with zero attached hydrogens (tertiary/aromatic N) is 1. The molecular formula is C19H23N3O3. The first-order valence-corrected chi connectivity index (χ1v) is 8.08. The molecule has 2 rings (SSSR count). The number of hydrazine groups is 1. The summed E-state index contributed by atoms with van der Waals surface area (Å²) in [6, 6.07) is 14.6. The Bertz CT molecular complexity index is 727. The van der Waals surface area contributed by atoms with Gasteiger partial charge in [0.2, 0.25) is 0 Å². The molecule has 0 heterocycles. The largest absolute Gasteiger partial charge is 0.484 e. The molecule has 0 radical (unpaired) electrons. The van der Waals surface area contributed by atoms with Gasteiger partial charge >= 0.3 is 0 Å². The molecule has 0 saturated heterocycles. The zero-order chi connectivity index (χ0) is 18.2. The lowest BCUT2D eigenvalue weighted by Gasteiger charge is -2.14. The molecule has 2 amide bonds. The smallest absolute Gasteiger partial charge is 0.276 e. The number of hydrogen-bond acceptors (Lipinski definition) is 4. The number of carbonyl (C=O) groups is 2. The zero-order valence-electron chi connectivity index (χ0n) is 14.7. The maximum atomic E-state index is 12.1. The summed E-state index contributed by atoms with van der Waals surface area (Å²) < 4.78 is 5.39. The van der Waals surface area contributed by atoms with Gasteiger partial charge in [0.05, 0.1) is 0 Å².